The van der Waals surface area contributed by atoms with E-state index in [0.717, 1.165) is 47.2 Å². The molecule has 0 radical (unpaired) electrons. The molecule has 150 valence electrons. The van der Waals surface area contributed by atoms with Crippen LogP contribution in [0.25, 0.3) is 0 Å². The molecule has 1 aliphatic heterocycles. The van der Waals surface area contributed by atoms with Crippen LogP contribution in [0.5, 0.6) is 0 Å². The maximum atomic E-state index is 13.0. The van der Waals surface area contributed by atoms with Crippen molar-refractivity contribution >= 4 is 22.4 Å². The molecule has 0 unspecified atom stereocenters. The van der Waals surface area contributed by atoms with E-state index < -0.39 is 0 Å². The number of rotatable bonds is 6. The minimum absolute atomic E-state index is 0.0227. The predicted molar refractivity (Wildman–Crippen MR) is 110 cm³/mol. The molecule has 1 saturated heterocycles. The van der Waals surface area contributed by atoms with Gasteiger partial charge >= 0.3 is 0 Å². The van der Waals surface area contributed by atoms with E-state index >= 15 is 0 Å². The molecule has 0 saturated carbocycles. The van der Waals surface area contributed by atoms with Crippen LogP contribution >= 0.6 is 11.3 Å². The summed E-state index contributed by atoms with van der Waals surface area (Å²) in [5.41, 5.74) is 2.01. The summed E-state index contributed by atoms with van der Waals surface area (Å²) in [6.07, 6.45) is 5.73. The van der Waals surface area contributed by atoms with Crippen LogP contribution in [-0.2, 0) is 17.8 Å². The molecule has 1 aliphatic rings. The molecule has 1 N–H and O–H groups in total. The van der Waals surface area contributed by atoms with Crippen LogP contribution in [0.1, 0.15) is 29.0 Å². The van der Waals surface area contributed by atoms with E-state index in [0.29, 0.717) is 13.0 Å². The third-order valence-corrected chi connectivity index (χ3v) is 6.03. The van der Waals surface area contributed by atoms with Crippen LogP contribution in [0, 0.1) is 11.7 Å². The van der Waals surface area contributed by atoms with Gasteiger partial charge in [-0.3, -0.25) is 9.78 Å². The highest BCUT2D eigenvalue weighted by Gasteiger charge is 2.26. The van der Waals surface area contributed by atoms with Crippen LogP contribution < -0.4 is 10.2 Å². The molecule has 2 aromatic heterocycles. The number of carbonyl (C=O) groups is 1. The number of benzene rings is 1. The summed E-state index contributed by atoms with van der Waals surface area (Å²) in [7, 11) is 0. The van der Waals surface area contributed by atoms with Gasteiger partial charge < -0.3 is 10.2 Å². The maximum absolute atomic E-state index is 13.0. The summed E-state index contributed by atoms with van der Waals surface area (Å²) in [6, 6.07) is 10.3. The number of hydrogen-bond donors (Lipinski definition) is 1. The number of carbonyl (C=O) groups excluding carboxylic acids is 1. The van der Waals surface area contributed by atoms with Gasteiger partial charge in [0.25, 0.3) is 0 Å². The first-order valence-electron chi connectivity index (χ1n) is 9.66. The van der Waals surface area contributed by atoms with Crippen LogP contribution in [-0.4, -0.2) is 34.2 Å². The standard InChI is InChI=1S/C21H22FN5OS/c22-18-5-3-15(4-6-18)12-19-25-26-21(29-19)27-10-7-17(8-11-27)20(28)24-14-16-2-1-9-23-13-16/h1-6,9,13,17H,7-8,10-12,14H2,(H,24,28). The van der Waals surface area contributed by atoms with Gasteiger partial charge in [-0.05, 0) is 42.2 Å². The molecular formula is C21H22FN5OS. The van der Waals surface area contributed by atoms with E-state index in [-0.39, 0.29) is 17.6 Å². The van der Waals surface area contributed by atoms with Gasteiger partial charge in [0.1, 0.15) is 10.8 Å². The minimum Gasteiger partial charge on any atom is -0.352 e. The van der Waals surface area contributed by atoms with E-state index in [2.05, 4.69) is 25.4 Å². The van der Waals surface area contributed by atoms with Gasteiger partial charge in [-0.15, -0.1) is 10.2 Å². The topological polar surface area (TPSA) is 71.0 Å². The van der Waals surface area contributed by atoms with Gasteiger partial charge in [-0.25, -0.2) is 4.39 Å². The molecule has 29 heavy (non-hydrogen) atoms. The first-order chi connectivity index (χ1) is 14.2. The van der Waals surface area contributed by atoms with Crippen LogP contribution in [0.3, 0.4) is 0 Å². The Hall–Kier alpha value is -2.87. The normalized spacial score (nSPS) is 14.7. The molecule has 3 heterocycles. The first-order valence-corrected chi connectivity index (χ1v) is 10.5. The number of hydrogen-bond acceptors (Lipinski definition) is 6. The number of aromatic nitrogens is 3. The lowest BCUT2D eigenvalue weighted by Crippen LogP contribution is -2.40. The van der Waals surface area contributed by atoms with Crippen LogP contribution in [0.2, 0.25) is 0 Å². The van der Waals surface area contributed by atoms with Crippen molar-refractivity contribution in [2.24, 2.45) is 5.92 Å². The quantitative estimate of drug-likeness (QED) is 0.675. The first kappa shape index (κ1) is 19.4. The predicted octanol–water partition coefficient (Wildman–Crippen LogP) is 3.20. The van der Waals surface area contributed by atoms with E-state index in [9.17, 15) is 9.18 Å². The Kier molecular flexibility index (Phi) is 6.09. The molecule has 0 atom stereocenters. The fourth-order valence-corrected chi connectivity index (χ4v) is 4.31. The SMILES string of the molecule is O=C(NCc1cccnc1)C1CCN(c2nnc(Cc3ccc(F)cc3)s2)CC1. The fraction of sp³-hybridized carbons (Fsp3) is 0.333. The Morgan fingerprint density at radius 3 is 2.66 bits per heavy atom. The van der Waals surface area contributed by atoms with Gasteiger partial charge in [0.15, 0.2) is 0 Å². The lowest BCUT2D eigenvalue weighted by molar-refractivity contribution is -0.125. The van der Waals surface area contributed by atoms with Crippen molar-refractivity contribution in [2.75, 3.05) is 18.0 Å². The molecule has 8 heteroatoms. The average Bonchev–Trinajstić information content (AvgIpc) is 3.23. The smallest absolute Gasteiger partial charge is 0.223 e. The lowest BCUT2D eigenvalue weighted by Gasteiger charge is -2.30. The summed E-state index contributed by atoms with van der Waals surface area (Å²) in [4.78, 5) is 18.7. The Morgan fingerprint density at radius 2 is 1.93 bits per heavy atom. The van der Waals surface area contributed by atoms with E-state index in [1.807, 2.05) is 12.1 Å². The highest BCUT2D eigenvalue weighted by Crippen LogP contribution is 2.27. The Bertz CT molecular complexity index is 939. The molecule has 1 amide bonds. The highest BCUT2D eigenvalue weighted by atomic mass is 32.1. The van der Waals surface area contributed by atoms with E-state index in [1.165, 1.54) is 12.1 Å². The number of nitrogens with one attached hydrogen (secondary N) is 1. The van der Waals surface area contributed by atoms with Crippen molar-refractivity contribution in [3.05, 3.63) is 70.7 Å². The van der Waals surface area contributed by atoms with Crippen LogP contribution in [0.4, 0.5) is 9.52 Å². The number of halogens is 1. The number of amides is 1. The fourth-order valence-electron chi connectivity index (χ4n) is 3.39. The van der Waals surface area contributed by atoms with Crippen molar-refractivity contribution in [1.29, 1.82) is 0 Å². The highest BCUT2D eigenvalue weighted by molar-refractivity contribution is 7.15. The summed E-state index contributed by atoms with van der Waals surface area (Å²) < 4.78 is 13.0. The monoisotopic (exact) mass is 411 g/mol. The van der Waals surface area contributed by atoms with E-state index in [4.69, 9.17) is 0 Å². The zero-order valence-electron chi connectivity index (χ0n) is 15.9. The van der Waals surface area contributed by atoms with E-state index in [1.54, 1.807) is 35.9 Å². The minimum atomic E-state index is -0.237. The van der Waals surface area contributed by atoms with Gasteiger partial charge in [-0.1, -0.05) is 29.5 Å². The second kappa shape index (κ2) is 9.09. The van der Waals surface area contributed by atoms with Crippen molar-refractivity contribution in [3.63, 3.8) is 0 Å². The molecule has 6 nitrogen and oxygen atoms in total. The molecule has 0 spiro atoms. The number of piperidine rings is 1. The molecule has 0 bridgehead atoms. The summed E-state index contributed by atoms with van der Waals surface area (Å²) in [5, 5.41) is 13.4. The van der Waals surface area contributed by atoms with Crippen molar-refractivity contribution in [3.8, 4) is 0 Å². The van der Waals surface area contributed by atoms with Crippen molar-refractivity contribution < 1.29 is 9.18 Å². The van der Waals surface area contributed by atoms with Gasteiger partial charge in [0, 0.05) is 44.4 Å². The van der Waals surface area contributed by atoms with Gasteiger partial charge in [0.05, 0.1) is 0 Å². The molecule has 1 aromatic carbocycles. The molecular weight excluding hydrogens is 389 g/mol. The summed E-state index contributed by atoms with van der Waals surface area (Å²) in [5.74, 6) is -0.115. The summed E-state index contributed by atoms with van der Waals surface area (Å²) in [6.45, 7) is 2.09. The van der Waals surface area contributed by atoms with Gasteiger partial charge in [0.2, 0.25) is 11.0 Å². The van der Waals surface area contributed by atoms with Gasteiger partial charge in [-0.2, -0.15) is 0 Å². The maximum Gasteiger partial charge on any atom is 0.223 e. The van der Waals surface area contributed by atoms with Crippen molar-refractivity contribution in [2.45, 2.75) is 25.8 Å². The average molecular weight is 412 g/mol. The molecule has 3 aromatic rings. The van der Waals surface area contributed by atoms with Crippen LogP contribution in [0.15, 0.2) is 48.8 Å². The molecule has 0 aliphatic carbocycles. The number of pyridine rings is 1. The number of nitrogens with zero attached hydrogens (tertiary/aromatic N) is 4. The molecule has 4 rings (SSSR count). The summed E-state index contributed by atoms with van der Waals surface area (Å²) >= 11 is 1.56. The second-order valence-corrected chi connectivity index (χ2v) is 8.16. The van der Waals surface area contributed by atoms with Crippen molar-refractivity contribution in [1.82, 2.24) is 20.5 Å². The zero-order chi connectivity index (χ0) is 20.1. The lowest BCUT2D eigenvalue weighted by atomic mass is 9.96. The number of anilines is 1. The Morgan fingerprint density at radius 1 is 1.14 bits per heavy atom. The molecule has 1 fully saturated rings. The third-order valence-electron chi connectivity index (χ3n) is 5.05. The Labute approximate surface area is 172 Å². The largest absolute Gasteiger partial charge is 0.352 e. The second-order valence-electron chi connectivity index (χ2n) is 7.12. The Balaban J connectivity index is 1.26. The third kappa shape index (κ3) is 5.14. The zero-order valence-corrected chi connectivity index (χ0v) is 16.7.